The van der Waals surface area contributed by atoms with Crippen LogP contribution in [0.25, 0.3) is 16.7 Å². The van der Waals surface area contributed by atoms with Gasteiger partial charge in [0.05, 0.1) is 18.7 Å². The fourth-order valence-corrected chi connectivity index (χ4v) is 3.40. The van der Waals surface area contributed by atoms with Crippen LogP contribution in [0.5, 0.6) is 5.75 Å². The van der Waals surface area contributed by atoms with Crippen molar-refractivity contribution in [3.05, 3.63) is 42.7 Å². The zero-order valence-electron chi connectivity index (χ0n) is 14.2. The number of aromatic nitrogens is 3. The second-order valence-electron chi connectivity index (χ2n) is 6.50. The monoisotopic (exact) mass is 338 g/mol. The fraction of sp³-hybridized carbons (Fsp3) is 0.368. The van der Waals surface area contributed by atoms with E-state index in [-0.39, 0.29) is 6.10 Å². The number of hydrogen-bond donors (Lipinski definition) is 2. The molecule has 6 nitrogen and oxygen atoms in total. The molecule has 0 spiro atoms. The van der Waals surface area contributed by atoms with Crippen LogP contribution in [0.4, 0.5) is 5.95 Å². The molecule has 3 aromatic rings. The molecule has 130 valence electrons. The lowest BCUT2D eigenvalue weighted by Crippen LogP contribution is -2.29. The highest BCUT2D eigenvalue weighted by atomic mass is 16.5. The van der Waals surface area contributed by atoms with Gasteiger partial charge in [-0.15, -0.1) is 0 Å². The Morgan fingerprint density at radius 2 is 2.00 bits per heavy atom. The lowest BCUT2D eigenvalue weighted by molar-refractivity contribution is 0.126. The van der Waals surface area contributed by atoms with E-state index in [0.717, 1.165) is 48.2 Å². The number of rotatable bonds is 4. The summed E-state index contributed by atoms with van der Waals surface area (Å²) in [7, 11) is 1.67. The van der Waals surface area contributed by atoms with Gasteiger partial charge in [-0.2, -0.15) is 4.98 Å². The molecule has 0 amide bonds. The maximum Gasteiger partial charge on any atom is 0.224 e. The van der Waals surface area contributed by atoms with Crippen LogP contribution in [0.3, 0.4) is 0 Å². The summed E-state index contributed by atoms with van der Waals surface area (Å²) in [6.45, 7) is 0. The zero-order chi connectivity index (χ0) is 17.2. The van der Waals surface area contributed by atoms with Crippen molar-refractivity contribution in [1.29, 1.82) is 0 Å². The summed E-state index contributed by atoms with van der Waals surface area (Å²) in [6.07, 6.45) is 7.18. The summed E-state index contributed by atoms with van der Waals surface area (Å²) in [5, 5.41) is 14.1. The third-order valence-electron chi connectivity index (χ3n) is 4.82. The zero-order valence-corrected chi connectivity index (χ0v) is 14.2. The minimum absolute atomic E-state index is 0.159. The van der Waals surface area contributed by atoms with E-state index < -0.39 is 0 Å². The van der Waals surface area contributed by atoms with Gasteiger partial charge >= 0.3 is 0 Å². The summed E-state index contributed by atoms with van der Waals surface area (Å²) < 4.78 is 7.33. The molecule has 1 saturated carbocycles. The molecule has 1 aromatic carbocycles. The number of ether oxygens (including phenoxy) is 1. The van der Waals surface area contributed by atoms with Crippen LogP contribution >= 0.6 is 0 Å². The van der Waals surface area contributed by atoms with Crippen LogP contribution < -0.4 is 10.1 Å². The van der Waals surface area contributed by atoms with Crippen molar-refractivity contribution in [1.82, 2.24) is 14.5 Å². The summed E-state index contributed by atoms with van der Waals surface area (Å²) in [4.78, 5) is 9.02. The van der Waals surface area contributed by atoms with E-state index in [1.165, 1.54) is 0 Å². The molecule has 6 heteroatoms. The highest BCUT2D eigenvalue weighted by Gasteiger charge is 2.20. The molecule has 0 unspecified atom stereocenters. The maximum absolute atomic E-state index is 9.63. The molecule has 0 radical (unpaired) electrons. The lowest BCUT2D eigenvalue weighted by atomic mass is 9.93. The molecule has 2 aromatic heterocycles. The van der Waals surface area contributed by atoms with Gasteiger partial charge in [-0.3, -0.25) is 0 Å². The second-order valence-corrected chi connectivity index (χ2v) is 6.50. The number of fused-ring (bicyclic) bond motifs is 1. The Labute approximate surface area is 146 Å². The van der Waals surface area contributed by atoms with Crippen LogP contribution in [0.15, 0.2) is 42.7 Å². The van der Waals surface area contributed by atoms with E-state index in [2.05, 4.69) is 21.4 Å². The summed E-state index contributed by atoms with van der Waals surface area (Å²) in [5.41, 5.74) is 1.08. The topological polar surface area (TPSA) is 72.2 Å². The minimum Gasteiger partial charge on any atom is -0.497 e. The molecular formula is C19H22N4O2. The van der Waals surface area contributed by atoms with Gasteiger partial charge < -0.3 is 19.7 Å². The quantitative estimate of drug-likeness (QED) is 0.764. The van der Waals surface area contributed by atoms with Crippen molar-refractivity contribution >= 4 is 16.9 Å². The van der Waals surface area contributed by atoms with E-state index in [0.29, 0.717) is 12.0 Å². The molecular weight excluding hydrogens is 316 g/mol. The van der Waals surface area contributed by atoms with E-state index in [1.807, 2.05) is 35.0 Å². The molecule has 0 atom stereocenters. The van der Waals surface area contributed by atoms with Gasteiger partial charge in [-0.1, -0.05) is 0 Å². The maximum atomic E-state index is 9.63. The van der Waals surface area contributed by atoms with Crippen LogP contribution in [-0.2, 0) is 0 Å². The fourth-order valence-electron chi connectivity index (χ4n) is 3.40. The van der Waals surface area contributed by atoms with Crippen LogP contribution in [0.1, 0.15) is 25.7 Å². The number of nitrogens with one attached hydrogen (secondary N) is 1. The highest BCUT2D eigenvalue weighted by molar-refractivity contribution is 5.83. The average Bonchev–Trinajstić information content (AvgIpc) is 3.07. The van der Waals surface area contributed by atoms with E-state index in [1.54, 1.807) is 13.3 Å². The van der Waals surface area contributed by atoms with Crippen molar-refractivity contribution in [2.45, 2.75) is 37.8 Å². The summed E-state index contributed by atoms with van der Waals surface area (Å²) in [5.74, 6) is 2.30. The van der Waals surface area contributed by atoms with Gasteiger partial charge in [0.1, 0.15) is 11.6 Å². The average molecular weight is 338 g/mol. The molecule has 1 aliphatic carbocycles. The van der Waals surface area contributed by atoms with Crippen molar-refractivity contribution in [2.75, 3.05) is 12.4 Å². The Balaban J connectivity index is 1.59. The van der Waals surface area contributed by atoms with Crippen LogP contribution in [0, 0.1) is 0 Å². The molecule has 0 saturated heterocycles. The van der Waals surface area contributed by atoms with E-state index in [4.69, 9.17) is 4.74 Å². The third kappa shape index (κ3) is 3.30. The number of nitrogens with zero attached hydrogens (tertiary/aromatic N) is 3. The van der Waals surface area contributed by atoms with Crippen molar-refractivity contribution in [3.8, 4) is 11.6 Å². The van der Waals surface area contributed by atoms with Crippen LogP contribution in [-0.4, -0.2) is 38.9 Å². The number of methoxy groups -OCH3 is 1. The minimum atomic E-state index is -0.159. The normalized spacial score (nSPS) is 20.6. The largest absolute Gasteiger partial charge is 0.497 e. The number of aliphatic hydroxyl groups is 1. The molecule has 1 aliphatic rings. The summed E-state index contributed by atoms with van der Waals surface area (Å²) >= 11 is 0. The van der Waals surface area contributed by atoms with Crippen molar-refractivity contribution in [2.24, 2.45) is 0 Å². The predicted molar refractivity (Wildman–Crippen MR) is 97.3 cm³/mol. The van der Waals surface area contributed by atoms with Gasteiger partial charge in [0, 0.05) is 23.8 Å². The van der Waals surface area contributed by atoms with Gasteiger partial charge in [0.2, 0.25) is 5.95 Å². The first-order valence-electron chi connectivity index (χ1n) is 8.66. The Morgan fingerprint density at radius 1 is 1.16 bits per heavy atom. The van der Waals surface area contributed by atoms with Crippen molar-refractivity contribution < 1.29 is 9.84 Å². The lowest BCUT2D eigenvalue weighted by Gasteiger charge is -2.26. The van der Waals surface area contributed by atoms with E-state index in [9.17, 15) is 5.11 Å². The SMILES string of the molecule is COc1ccc2c(ccn2-c2ccnc(NC3CCC(O)CC3)n2)c1. The molecule has 1 fully saturated rings. The van der Waals surface area contributed by atoms with Crippen molar-refractivity contribution in [3.63, 3.8) is 0 Å². The first-order valence-corrected chi connectivity index (χ1v) is 8.66. The Bertz CT molecular complexity index is 869. The Morgan fingerprint density at radius 3 is 2.80 bits per heavy atom. The molecule has 0 aliphatic heterocycles. The predicted octanol–water partition coefficient (Wildman–Crippen LogP) is 3.14. The number of hydrogen-bond acceptors (Lipinski definition) is 5. The molecule has 4 rings (SSSR count). The van der Waals surface area contributed by atoms with Crippen LogP contribution in [0.2, 0.25) is 0 Å². The standard InChI is InChI=1S/C19H22N4O2/c1-25-16-6-7-17-13(12-16)9-11-23(17)18-8-10-20-19(22-18)21-14-2-4-15(24)5-3-14/h6-12,14-15,24H,2-5H2,1H3,(H,20,21,22). The molecule has 0 bridgehead atoms. The number of benzene rings is 1. The molecule has 2 N–H and O–H groups in total. The third-order valence-corrected chi connectivity index (χ3v) is 4.82. The number of aliphatic hydroxyl groups excluding tert-OH is 1. The highest BCUT2D eigenvalue weighted by Crippen LogP contribution is 2.25. The van der Waals surface area contributed by atoms with E-state index >= 15 is 0 Å². The summed E-state index contributed by atoms with van der Waals surface area (Å²) in [6, 6.07) is 10.3. The smallest absolute Gasteiger partial charge is 0.224 e. The Kier molecular flexibility index (Phi) is 4.28. The van der Waals surface area contributed by atoms with Gasteiger partial charge in [-0.05, 0) is 56.0 Å². The molecule has 2 heterocycles. The van der Waals surface area contributed by atoms with Gasteiger partial charge in [0.25, 0.3) is 0 Å². The molecule has 25 heavy (non-hydrogen) atoms. The number of anilines is 1. The first kappa shape index (κ1) is 15.9. The Hall–Kier alpha value is -2.60. The second kappa shape index (κ2) is 6.72. The first-order chi connectivity index (χ1) is 12.2. The van der Waals surface area contributed by atoms with Gasteiger partial charge in [-0.25, -0.2) is 4.98 Å². The van der Waals surface area contributed by atoms with Gasteiger partial charge in [0.15, 0.2) is 0 Å².